The van der Waals surface area contributed by atoms with Crippen LogP contribution in [0.3, 0.4) is 0 Å². The molecular formula is C20H27N3O3S. The minimum absolute atomic E-state index is 0.000510. The number of thioether (sulfide) groups is 1. The van der Waals surface area contributed by atoms with Crippen LogP contribution in [0.2, 0.25) is 0 Å². The third-order valence-electron chi connectivity index (χ3n) is 5.14. The second-order valence-corrected chi connectivity index (χ2v) is 8.03. The van der Waals surface area contributed by atoms with Crippen LogP contribution in [0.1, 0.15) is 32.6 Å². The van der Waals surface area contributed by atoms with Crippen LogP contribution in [0.25, 0.3) is 10.9 Å². The van der Waals surface area contributed by atoms with Gasteiger partial charge in [-0.1, -0.05) is 43.7 Å². The van der Waals surface area contributed by atoms with E-state index in [1.807, 2.05) is 18.2 Å². The molecule has 0 spiro atoms. The van der Waals surface area contributed by atoms with Crippen molar-refractivity contribution < 1.29 is 9.53 Å². The number of amides is 1. The van der Waals surface area contributed by atoms with Gasteiger partial charge in [-0.05, 0) is 30.9 Å². The number of benzene rings is 1. The molecule has 0 saturated heterocycles. The predicted octanol–water partition coefficient (Wildman–Crippen LogP) is 2.83. The SMILES string of the molecule is COCCn1c(SCC(=O)N[C@@H]2CCCC[C@@H]2C)nc2ccccc2c1=O. The van der Waals surface area contributed by atoms with E-state index in [-0.39, 0.29) is 23.3 Å². The lowest BCUT2D eigenvalue weighted by Crippen LogP contribution is -2.42. The number of carbonyl (C=O) groups is 1. The highest BCUT2D eigenvalue weighted by molar-refractivity contribution is 7.99. The maximum Gasteiger partial charge on any atom is 0.262 e. The highest BCUT2D eigenvalue weighted by Gasteiger charge is 2.23. The lowest BCUT2D eigenvalue weighted by molar-refractivity contribution is -0.119. The second kappa shape index (κ2) is 9.37. The van der Waals surface area contributed by atoms with Gasteiger partial charge in [-0.25, -0.2) is 4.98 Å². The fraction of sp³-hybridized carbons (Fsp3) is 0.550. The Morgan fingerprint density at radius 1 is 1.33 bits per heavy atom. The van der Waals surface area contributed by atoms with Crippen LogP contribution in [0.4, 0.5) is 0 Å². The van der Waals surface area contributed by atoms with Crippen molar-refractivity contribution in [3.8, 4) is 0 Å². The van der Waals surface area contributed by atoms with Crippen LogP contribution in [0.15, 0.2) is 34.2 Å². The summed E-state index contributed by atoms with van der Waals surface area (Å²) < 4.78 is 6.73. The Kier molecular flexibility index (Phi) is 6.90. The number of methoxy groups -OCH3 is 1. The third-order valence-corrected chi connectivity index (χ3v) is 6.11. The fourth-order valence-corrected chi connectivity index (χ4v) is 4.38. The van der Waals surface area contributed by atoms with Gasteiger partial charge in [0, 0.05) is 13.2 Å². The van der Waals surface area contributed by atoms with Gasteiger partial charge in [-0.3, -0.25) is 14.2 Å². The van der Waals surface area contributed by atoms with Gasteiger partial charge in [0.15, 0.2) is 5.16 Å². The molecule has 1 aliphatic carbocycles. The number of aromatic nitrogens is 2. The maximum absolute atomic E-state index is 12.8. The molecule has 1 amide bonds. The van der Waals surface area contributed by atoms with Crippen LogP contribution >= 0.6 is 11.8 Å². The van der Waals surface area contributed by atoms with Crippen LogP contribution in [-0.2, 0) is 16.1 Å². The Balaban J connectivity index is 1.74. The molecule has 1 aromatic heterocycles. The summed E-state index contributed by atoms with van der Waals surface area (Å²) in [5.74, 6) is 0.770. The van der Waals surface area contributed by atoms with Crippen molar-refractivity contribution in [3.05, 3.63) is 34.6 Å². The third kappa shape index (κ3) is 4.90. The van der Waals surface area contributed by atoms with E-state index in [0.717, 1.165) is 6.42 Å². The molecule has 1 fully saturated rings. The minimum atomic E-state index is -0.0959. The van der Waals surface area contributed by atoms with E-state index in [1.54, 1.807) is 17.7 Å². The van der Waals surface area contributed by atoms with Crippen LogP contribution < -0.4 is 10.9 Å². The van der Waals surface area contributed by atoms with Crippen molar-refractivity contribution >= 4 is 28.6 Å². The predicted molar refractivity (Wildman–Crippen MR) is 108 cm³/mol. The largest absolute Gasteiger partial charge is 0.383 e. The zero-order valence-electron chi connectivity index (χ0n) is 15.9. The van der Waals surface area contributed by atoms with Gasteiger partial charge in [0.05, 0.1) is 29.8 Å². The number of nitrogens with one attached hydrogen (secondary N) is 1. The quantitative estimate of drug-likeness (QED) is 0.582. The molecule has 2 aromatic rings. The molecule has 1 aromatic carbocycles. The van der Waals surface area contributed by atoms with Gasteiger partial charge in [-0.15, -0.1) is 0 Å². The topological polar surface area (TPSA) is 73.2 Å². The van der Waals surface area contributed by atoms with E-state index in [0.29, 0.717) is 35.1 Å². The van der Waals surface area contributed by atoms with Gasteiger partial charge in [-0.2, -0.15) is 0 Å². The van der Waals surface area contributed by atoms with Gasteiger partial charge in [0.25, 0.3) is 5.56 Å². The normalized spacial score (nSPS) is 19.9. The summed E-state index contributed by atoms with van der Waals surface area (Å²) in [5, 5.41) is 4.29. The first-order chi connectivity index (χ1) is 13.1. The van der Waals surface area contributed by atoms with Crippen LogP contribution in [-0.4, -0.2) is 41.0 Å². The minimum Gasteiger partial charge on any atom is -0.383 e. The molecule has 146 valence electrons. The molecule has 0 unspecified atom stereocenters. The first-order valence-electron chi connectivity index (χ1n) is 9.51. The molecule has 2 atom stereocenters. The number of hydrogen-bond acceptors (Lipinski definition) is 5. The summed E-state index contributed by atoms with van der Waals surface area (Å²) in [6.07, 6.45) is 4.63. The van der Waals surface area contributed by atoms with E-state index in [4.69, 9.17) is 4.74 Å². The zero-order chi connectivity index (χ0) is 19.2. The number of para-hydroxylation sites is 1. The summed E-state index contributed by atoms with van der Waals surface area (Å²) in [7, 11) is 1.60. The number of rotatable bonds is 7. The molecule has 27 heavy (non-hydrogen) atoms. The fourth-order valence-electron chi connectivity index (χ4n) is 3.55. The molecule has 3 rings (SSSR count). The molecule has 0 radical (unpaired) electrons. The molecule has 1 saturated carbocycles. The average molecular weight is 390 g/mol. The van der Waals surface area contributed by atoms with E-state index in [1.165, 1.54) is 31.0 Å². The van der Waals surface area contributed by atoms with Crippen molar-refractivity contribution in [1.29, 1.82) is 0 Å². The number of nitrogens with zero attached hydrogens (tertiary/aromatic N) is 2. The Hall–Kier alpha value is -1.86. The number of carbonyl (C=O) groups excluding carboxylic acids is 1. The summed E-state index contributed by atoms with van der Waals surface area (Å²) in [4.78, 5) is 29.9. The summed E-state index contributed by atoms with van der Waals surface area (Å²) in [6.45, 7) is 3.03. The lowest BCUT2D eigenvalue weighted by atomic mass is 9.86. The van der Waals surface area contributed by atoms with Crippen LogP contribution in [0, 0.1) is 5.92 Å². The summed E-state index contributed by atoms with van der Waals surface area (Å²) >= 11 is 1.31. The van der Waals surface area contributed by atoms with Gasteiger partial charge in [0.1, 0.15) is 0 Å². The molecule has 1 aliphatic rings. The number of ether oxygens (including phenoxy) is 1. The standard InChI is InChI=1S/C20H27N3O3S/c1-14-7-3-5-9-16(14)21-18(24)13-27-20-22-17-10-6-4-8-15(17)19(25)23(20)11-12-26-2/h4,6,8,10,14,16H,3,5,7,9,11-13H2,1-2H3,(H,21,24)/t14-,16+/m0/s1. The van der Waals surface area contributed by atoms with E-state index < -0.39 is 0 Å². The van der Waals surface area contributed by atoms with Crippen molar-refractivity contribution in [2.45, 2.75) is 50.4 Å². The molecule has 1 heterocycles. The Morgan fingerprint density at radius 3 is 2.89 bits per heavy atom. The van der Waals surface area contributed by atoms with Crippen molar-refractivity contribution in [2.24, 2.45) is 5.92 Å². The van der Waals surface area contributed by atoms with E-state index >= 15 is 0 Å². The van der Waals surface area contributed by atoms with Gasteiger partial charge in [0.2, 0.25) is 5.91 Å². The Labute approximate surface area is 163 Å². The molecule has 1 N–H and O–H groups in total. The Morgan fingerprint density at radius 2 is 2.11 bits per heavy atom. The first kappa shape index (κ1) is 19.9. The first-order valence-corrected chi connectivity index (χ1v) is 10.5. The van der Waals surface area contributed by atoms with Gasteiger partial charge < -0.3 is 10.1 Å². The highest BCUT2D eigenvalue weighted by atomic mass is 32.2. The molecule has 0 bridgehead atoms. The molecule has 0 aliphatic heterocycles. The monoisotopic (exact) mass is 389 g/mol. The number of hydrogen-bond donors (Lipinski definition) is 1. The highest BCUT2D eigenvalue weighted by Crippen LogP contribution is 2.24. The van der Waals surface area contributed by atoms with Crippen molar-refractivity contribution in [3.63, 3.8) is 0 Å². The molecule has 6 nitrogen and oxygen atoms in total. The van der Waals surface area contributed by atoms with E-state index in [2.05, 4.69) is 17.2 Å². The Bertz CT molecular complexity index is 852. The molecule has 7 heteroatoms. The number of fused-ring (bicyclic) bond motifs is 1. The lowest BCUT2D eigenvalue weighted by Gasteiger charge is -2.29. The van der Waals surface area contributed by atoms with Crippen molar-refractivity contribution in [2.75, 3.05) is 19.5 Å². The maximum atomic E-state index is 12.8. The van der Waals surface area contributed by atoms with E-state index in [9.17, 15) is 9.59 Å². The van der Waals surface area contributed by atoms with Crippen molar-refractivity contribution in [1.82, 2.24) is 14.9 Å². The van der Waals surface area contributed by atoms with Gasteiger partial charge >= 0.3 is 0 Å². The zero-order valence-corrected chi connectivity index (χ0v) is 16.8. The molecular weight excluding hydrogens is 362 g/mol. The average Bonchev–Trinajstić information content (AvgIpc) is 2.68. The summed E-state index contributed by atoms with van der Waals surface area (Å²) in [6, 6.07) is 7.55. The summed E-state index contributed by atoms with van der Waals surface area (Å²) in [5.41, 5.74) is 0.557. The van der Waals surface area contributed by atoms with Crippen LogP contribution in [0.5, 0.6) is 0 Å². The second-order valence-electron chi connectivity index (χ2n) is 7.09. The smallest absolute Gasteiger partial charge is 0.262 e.